The number of aromatic nitrogens is 1. The number of anilines is 1. The third kappa shape index (κ3) is 2.87. The van der Waals surface area contributed by atoms with Crippen LogP contribution in [0, 0.1) is 5.41 Å². The van der Waals surface area contributed by atoms with E-state index in [4.69, 9.17) is 22.7 Å². The van der Waals surface area contributed by atoms with Gasteiger partial charge in [0, 0.05) is 29.8 Å². The molecule has 3 N–H and O–H groups in total. The quantitative estimate of drug-likeness (QED) is 0.810. The molecule has 2 unspecified atom stereocenters. The first-order valence-electron chi connectivity index (χ1n) is 6.59. The molecule has 4 nitrogen and oxygen atoms in total. The van der Waals surface area contributed by atoms with E-state index in [1.54, 1.807) is 6.20 Å². The van der Waals surface area contributed by atoms with Crippen LogP contribution in [0.1, 0.15) is 32.8 Å². The minimum absolute atomic E-state index is 0.108. The lowest BCUT2D eigenvalue weighted by molar-refractivity contribution is -0.0976. The minimum Gasteiger partial charge on any atom is -0.389 e. The molecule has 0 bridgehead atoms. The number of hydrogen-bond donors (Lipinski definition) is 2. The highest BCUT2D eigenvalue weighted by molar-refractivity contribution is 7.80. The molecule has 0 radical (unpaired) electrons. The average Bonchev–Trinajstić information content (AvgIpc) is 2.38. The van der Waals surface area contributed by atoms with Gasteiger partial charge in [-0.2, -0.15) is 0 Å². The Hall–Kier alpha value is -1.20. The molecule has 1 saturated carbocycles. The van der Waals surface area contributed by atoms with Gasteiger partial charge in [-0.1, -0.05) is 26.1 Å². The highest BCUT2D eigenvalue weighted by Gasteiger charge is 2.49. The Morgan fingerprint density at radius 3 is 2.95 bits per heavy atom. The lowest BCUT2D eigenvalue weighted by Gasteiger charge is -2.51. The lowest BCUT2D eigenvalue weighted by Crippen LogP contribution is -2.58. The predicted octanol–water partition coefficient (Wildman–Crippen LogP) is 2.33. The van der Waals surface area contributed by atoms with Crippen LogP contribution >= 0.6 is 12.2 Å². The molecule has 0 aromatic carbocycles. The van der Waals surface area contributed by atoms with Crippen molar-refractivity contribution in [1.29, 1.82) is 0 Å². The number of pyridine rings is 1. The summed E-state index contributed by atoms with van der Waals surface area (Å²) in [5.41, 5.74) is 6.58. The summed E-state index contributed by atoms with van der Waals surface area (Å²) in [5, 5.41) is 3.45. The van der Waals surface area contributed by atoms with Crippen LogP contribution in [0.5, 0.6) is 0 Å². The first-order chi connectivity index (χ1) is 8.95. The summed E-state index contributed by atoms with van der Waals surface area (Å²) in [6, 6.07) is 4.08. The zero-order valence-corrected chi connectivity index (χ0v) is 12.5. The normalized spacial score (nSPS) is 24.6. The SMILES string of the molecule is CCOC1CC(Nc2cc(C(N)=S)ccn2)C1(C)C. The van der Waals surface area contributed by atoms with Crippen LogP contribution in [0.15, 0.2) is 18.3 Å². The Bertz CT molecular complexity index is 476. The largest absolute Gasteiger partial charge is 0.389 e. The van der Waals surface area contributed by atoms with Crippen molar-refractivity contribution < 1.29 is 4.74 Å². The molecule has 0 spiro atoms. The summed E-state index contributed by atoms with van der Waals surface area (Å²) in [7, 11) is 0. The van der Waals surface area contributed by atoms with Crippen LogP contribution in [-0.2, 0) is 4.74 Å². The zero-order chi connectivity index (χ0) is 14.0. The van der Waals surface area contributed by atoms with Crippen LogP contribution in [-0.4, -0.2) is 28.7 Å². The Kier molecular flexibility index (Phi) is 4.06. The number of ether oxygens (including phenoxy) is 1. The van der Waals surface area contributed by atoms with Crippen LogP contribution < -0.4 is 11.1 Å². The van der Waals surface area contributed by atoms with Gasteiger partial charge in [-0.15, -0.1) is 0 Å². The second-order valence-electron chi connectivity index (χ2n) is 5.49. The van der Waals surface area contributed by atoms with E-state index in [9.17, 15) is 0 Å². The minimum atomic E-state index is 0.108. The van der Waals surface area contributed by atoms with E-state index in [-0.39, 0.29) is 5.41 Å². The standard InChI is InChI=1S/C14H21N3OS/c1-4-18-11-8-10(14(11,2)3)17-12-7-9(13(15)19)5-6-16-12/h5-7,10-11H,4,8H2,1-3H3,(H2,15,19)(H,16,17). The van der Waals surface area contributed by atoms with E-state index < -0.39 is 0 Å². The van der Waals surface area contributed by atoms with Crippen molar-refractivity contribution in [3.8, 4) is 0 Å². The molecule has 1 aliphatic carbocycles. The molecule has 1 heterocycles. The number of nitrogens with one attached hydrogen (secondary N) is 1. The summed E-state index contributed by atoms with van der Waals surface area (Å²) < 4.78 is 5.72. The van der Waals surface area contributed by atoms with Crippen LogP contribution in [0.25, 0.3) is 0 Å². The molecule has 5 heteroatoms. The van der Waals surface area contributed by atoms with Gasteiger partial charge < -0.3 is 15.8 Å². The third-order valence-electron chi connectivity index (χ3n) is 3.91. The van der Waals surface area contributed by atoms with Crippen LogP contribution in [0.4, 0.5) is 5.82 Å². The summed E-state index contributed by atoms with van der Waals surface area (Å²) in [4.78, 5) is 4.71. The van der Waals surface area contributed by atoms with E-state index >= 15 is 0 Å². The molecule has 104 valence electrons. The average molecular weight is 279 g/mol. The maximum absolute atomic E-state index is 5.72. The molecular weight excluding hydrogens is 258 g/mol. The molecule has 1 aliphatic rings. The van der Waals surface area contributed by atoms with Gasteiger partial charge in [-0.25, -0.2) is 4.98 Å². The van der Waals surface area contributed by atoms with E-state index in [0.29, 0.717) is 17.1 Å². The van der Waals surface area contributed by atoms with Crippen molar-refractivity contribution in [1.82, 2.24) is 4.98 Å². The molecular formula is C14H21N3OS. The van der Waals surface area contributed by atoms with Crippen molar-refractivity contribution in [3.05, 3.63) is 23.9 Å². The molecule has 2 rings (SSSR count). The third-order valence-corrected chi connectivity index (χ3v) is 4.15. The Morgan fingerprint density at radius 1 is 1.63 bits per heavy atom. The summed E-state index contributed by atoms with van der Waals surface area (Å²) in [6.45, 7) is 7.22. The highest BCUT2D eigenvalue weighted by atomic mass is 32.1. The van der Waals surface area contributed by atoms with E-state index in [1.165, 1.54) is 0 Å². The maximum atomic E-state index is 5.72. The first-order valence-corrected chi connectivity index (χ1v) is 7.00. The maximum Gasteiger partial charge on any atom is 0.126 e. The van der Waals surface area contributed by atoms with E-state index in [2.05, 4.69) is 24.1 Å². The van der Waals surface area contributed by atoms with Crippen molar-refractivity contribution in [2.45, 2.75) is 39.3 Å². The van der Waals surface area contributed by atoms with Gasteiger partial charge in [0.1, 0.15) is 10.8 Å². The fraction of sp³-hybridized carbons (Fsp3) is 0.571. The Balaban J connectivity index is 2.03. The highest BCUT2D eigenvalue weighted by Crippen LogP contribution is 2.44. The van der Waals surface area contributed by atoms with Crippen molar-refractivity contribution in [2.24, 2.45) is 11.1 Å². The molecule has 1 fully saturated rings. The molecule has 19 heavy (non-hydrogen) atoms. The molecule has 0 amide bonds. The second-order valence-corrected chi connectivity index (χ2v) is 5.93. The smallest absolute Gasteiger partial charge is 0.126 e. The Labute approximate surface area is 119 Å². The molecule has 2 atom stereocenters. The van der Waals surface area contributed by atoms with Crippen LogP contribution in [0.2, 0.25) is 0 Å². The van der Waals surface area contributed by atoms with Gasteiger partial charge in [-0.05, 0) is 25.5 Å². The van der Waals surface area contributed by atoms with E-state index in [0.717, 1.165) is 24.4 Å². The molecule has 0 saturated heterocycles. The van der Waals surface area contributed by atoms with Gasteiger partial charge in [0.25, 0.3) is 0 Å². The van der Waals surface area contributed by atoms with Crippen molar-refractivity contribution >= 4 is 23.0 Å². The van der Waals surface area contributed by atoms with Gasteiger partial charge in [0.2, 0.25) is 0 Å². The summed E-state index contributed by atoms with van der Waals surface area (Å²) >= 11 is 4.98. The number of thiocarbonyl (C=S) groups is 1. The fourth-order valence-corrected chi connectivity index (χ4v) is 2.58. The number of rotatable bonds is 5. The van der Waals surface area contributed by atoms with E-state index in [1.807, 2.05) is 19.1 Å². The predicted molar refractivity (Wildman–Crippen MR) is 81.3 cm³/mol. The summed E-state index contributed by atoms with van der Waals surface area (Å²) in [6.07, 6.45) is 3.04. The monoisotopic (exact) mass is 279 g/mol. The molecule has 1 aromatic rings. The van der Waals surface area contributed by atoms with Gasteiger partial charge >= 0.3 is 0 Å². The zero-order valence-electron chi connectivity index (χ0n) is 11.6. The van der Waals surface area contributed by atoms with Gasteiger partial charge in [0.05, 0.1) is 6.10 Å². The second kappa shape index (κ2) is 5.43. The molecule has 1 aromatic heterocycles. The van der Waals surface area contributed by atoms with Gasteiger partial charge in [-0.3, -0.25) is 0 Å². The number of nitrogens with two attached hydrogens (primary N) is 1. The number of nitrogens with zero attached hydrogens (tertiary/aromatic N) is 1. The van der Waals surface area contributed by atoms with Gasteiger partial charge in [0.15, 0.2) is 0 Å². The topological polar surface area (TPSA) is 60.2 Å². The van der Waals surface area contributed by atoms with Crippen molar-refractivity contribution in [3.63, 3.8) is 0 Å². The summed E-state index contributed by atoms with van der Waals surface area (Å²) in [5.74, 6) is 0.818. The van der Waals surface area contributed by atoms with Crippen LogP contribution in [0.3, 0.4) is 0 Å². The first kappa shape index (κ1) is 14.2. The fourth-order valence-electron chi connectivity index (χ4n) is 2.46. The lowest BCUT2D eigenvalue weighted by atomic mass is 9.64. The number of hydrogen-bond acceptors (Lipinski definition) is 4. The van der Waals surface area contributed by atoms with Crippen molar-refractivity contribution in [2.75, 3.05) is 11.9 Å². The molecule has 0 aliphatic heterocycles. The Morgan fingerprint density at radius 2 is 2.37 bits per heavy atom.